The number of ether oxygens (including phenoxy) is 2. The molecule has 0 spiro atoms. The van der Waals surface area contributed by atoms with Crippen LogP contribution < -0.4 is 10.6 Å². The average molecular weight is 473 g/mol. The molecule has 0 saturated heterocycles. The molecule has 1 aliphatic carbocycles. The number of carbonyl (C=O) groups excluding carboxylic acids is 4. The van der Waals surface area contributed by atoms with Crippen LogP contribution in [-0.4, -0.2) is 48.0 Å². The van der Waals surface area contributed by atoms with Crippen LogP contribution in [0.15, 0.2) is 35.4 Å². The van der Waals surface area contributed by atoms with Crippen LogP contribution in [0.1, 0.15) is 76.1 Å². The Bertz CT molecular complexity index is 918. The Kier molecular flexibility index (Phi) is 8.29. The summed E-state index contributed by atoms with van der Waals surface area (Å²) in [7, 11) is 0. The van der Waals surface area contributed by atoms with Crippen molar-refractivity contribution >= 4 is 23.8 Å². The molecule has 0 aliphatic heterocycles. The van der Waals surface area contributed by atoms with Gasteiger partial charge in [0.2, 0.25) is 0 Å². The molecule has 1 aliphatic rings. The molecule has 2 rings (SSSR count). The second kappa shape index (κ2) is 10.4. The fourth-order valence-corrected chi connectivity index (χ4v) is 3.70. The molecular weight excluding hydrogens is 436 g/mol. The third-order valence-corrected chi connectivity index (χ3v) is 5.08. The lowest BCUT2D eigenvalue weighted by molar-refractivity contribution is 0.0509. The van der Waals surface area contributed by atoms with Gasteiger partial charge in [0.15, 0.2) is 11.6 Å². The molecule has 8 heteroatoms. The molecule has 2 unspecified atom stereocenters. The molecule has 2 N–H and O–H groups in total. The molecule has 0 radical (unpaired) electrons. The lowest BCUT2D eigenvalue weighted by Gasteiger charge is -2.29. The molecule has 2 atom stereocenters. The van der Waals surface area contributed by atoms with Crippen LogP contribution in [0.4, 0.5) is 9.59 Å². The van der Waals surface area contributed by atoms with Crippen molar-refractivity contribution in [3.05, 3.63) is 46.5 Å². The van der Waals surface area contributed by atoms with Crippen molar-refractivity contribution in [2.24, 2.45) is 11.8 Å². The number of hydrogen-bond acceptors (Lipinski definition) is 6. The molecule has 0 heterocycles. The largest absolute Gasteiger partial charge is 0.444 e. The van der Waals surface area contributed by atoms with Crippen molar-refractivity contribution in [2.75, 3.05) is 13.1 Å². The Labute approximate surface area is 201 Å². The number of hydrogen-bond donors (Lipinski definition) is 2. The summed E-state index contributed by atoms with van der Waals surface area (Å²) in [6.45, 7) is 14.3. The van der Waals surface area contributed by atoms with E-state index in [1.165, 1.54) is 0 Å². The number of rotatable bonds is 6. The van der Waals surface area contributed by atoms with Gasteiger partial charge in [0.05, 0.1) is 0 Å². The molecule has 0 saturated carbocycles. The van der Waals surface area contributed by atoms with E-state index in [1.54, 1.807) is 79.7 Å². The van der Waals surface area contributed by atoms with Gasteiger partial charge in [-0.1, -0.05) is 38.1 Å². The number of nitrogens with one attached hydrogen (secondary N) is 2. The van der Waals surface area contributed by atoms with Gasteiger partial charge >= 0.3 is 12.2 Å². The zero-order valence-electron chi connectivity index (χ0n) is 21.3. The van der Waals surface area contributed by atoms with Crippen LogP contribution in [-0.2, 0) is 9.47 Å². The van der Waals surface area contributed by atoms with Gasteiger partial charge in [-0.2, -0.15) is 0 Å². The van der Waals surface area contributed by atoms with E-state index in [2.05, 4.69) is 10.6 Å². The fraction of sp³-hybridized carbons (Fsp3) is 0.538. The molecule has 186 valence electrons. The molecule has 0 fully saturated rings. The Hall–Kier alpha value is -3.16. The van der Waals surface area contributed by atoms with Crippen LogP contribution in [0.25, 0.3) is 0 Å². The lowest BCUT2D eigenvalue weighted by Crippen LogP contribution is -2.39. The first-order valence-corrected chi connectivity index (χ1v) is 11.5. The Morgan fingerprint density at radius 1 is 0.735 bits per heavy atom. The Morgan fingerprint density at radius 2 is 1.06 bits per heavy atom. The van der Waals surface area contributed by atoms with Crippen molar-refractivity contribution < 1.29 is 28.7 Å². The summed E-state index contributed by atoms with van der Waals surface area (Å²) < 4.78 is 10.6. The maximum atomic E-state index is 13.5. The number of benzene rings is 1. The maximum absolute atomic E-state index is 13.5. The normalized spacial score (nSPS) is 15.9. The summed E-state index contributed by atoms with van der Waals surface area (Å²) in [5.41, 5.74) is 0.0199. The predicted octanol–water partition coefficient (Wildman–Crippen LogP) is 4.68. The van der Waals surface area contributed by atoms with E-state index >= 15 is 0 Å². The van der Waals surface area contributed by atoms with Crippen molar-refractivity contribution in [1.29, 1.82) is 0 Å². The third kappa shape index (κ3) is 7.17. The highest BCUT2D eigenvalue weighted by molar-refractivity contribution is 6.27. The Balaban J connectivity index is 2.32. The van der Waals surface area contributed by atoms with E-state index in [1.807, 2.05) is 0 Å². The SMILES string of the molecule is CC(CNC(=O)OC(C)(C)C)C1=C(C(C)CNC(=O)OC(C)(C)C)C(=O)c2ccccc2C1=O. The van der Waals surface area contributed by atoms with E-state index in [0.29, 0.717) is 22.3 Å². The van der Waals surface area contributed by atoms with E-state index in [4.69, 9.17) is 9.47 Å². The lowest BCUT2D eigenvalue weighted by atomic mass is 9.75. The van der Waals surface area contributed by atoms with Gasteiger partial charge in [0.1, 0.15) is 11.2 Å². The van der Waals surface area contributed by atoms with Crippen molar-refractivity contribution in [3.63, 3.8) is 0 Å². The number of Topliss-reactive ketones (excluding diaryl/α,β-unsaturated/α-hetero) is 2. The van der Waals surface area contributed by atoms with Gasteiger partial charge in [0.25, 0.3) is 0 Å². The summed E-state index contributed by atoms with van der Waals surface area (Å²) in [5.74, 6) is -1.44. The molecule has 1 aromatic carbocycles. The van der Waals surface area contributed by atoms with Crippen molar-refractivity contribution in [3.8, 4) is 0 Å². The Morgan fingerprint density at radius 3 is 1.35 bits per heavy atom. The van der Waals surface area contributed by atoms with Gasteiger partial charge in [-0.3, -0.25) is 9.59 Å². The van der Waals surface area contributed by atoms with Crippen LogP contribution in [0.5, 0.6) is 0 Å². The third-order valence-electron chi connectivity index (χ3n) is 5.08. The minimum absolute atomic E-state index is 0.112. The average Bonchev–Trinajstić information content (AvgIpc) is 2.70. The van der Waals surface area contributed by atoms with E-state index in [-0.39, 0.29) is 24.7 Å². The van der Waals surface area contributed by atoms with Crippen LogP contribution in [0.3, 0.4) is 0 Å². The van der Waals surface area contributed by atoms with Gasteiger partial charge in [-0.15, -0.1) is 0 Å². The van der Waals surface area contributed by atoms with E-state index in [9.17, 15) is 19.2 Å². The first-order valence-electron chi connectivity index (χ1n) is 11.5. The minimum atomic E-state index is -0.658. The van der Waals surface area contributed by atoms with E-state index in [0.717, 1.165) is 0 Å². The molecule has 34 heavy (non-hydrogen) atoms. The topological polar surface area (TPSA) is 111 Å². The molecule has 0 aromatic heterocycles. The molecule has 1 aromatic rings. The molecule has 0 bridgehead atoms. The van der Waals surface area contributed by atoms with Gasteiger partial charge in [0, 0.05) is 47.2 Å². The first-order chi connectivity index (χ1) is 15.6. The second-order valence-corrected chi connectivity index (χ2v) is 10.6. The highest BCUT2D eigenvalue weighted by atomic mass is 16.6. The highest BCUT2D eigenvalue weighted by Crippen LogP contribution is 2.34. The summed E-state index contributed by atoms with van der Waals surface area (Å²) >= 11 is 0. The molecular formula is C26H36N2O6. The monoisotopic (exact) mass is 472 g/mol. The second-order valence-electron chi connectivity index (χ2n) is 10.6. The molecule has 2 amide bonds. The van der Waals surface area contributed by atoms with Crippen LogP contribution in [0, 0.1) is 11.8 Å². The minimum Gasteiger partial charge on any atom is -0.444 e. The van der Waals surface area contributed by atoms with E-state index < -0.39 is 35.2 Å². The number of fused-ring (bicyclic) bond motifs is 1. The standard InChI is InChI=1S/C26H36N2O6/c1-15(13-27-23(31)33-25(3,4)5)19-20(16(2)14-28-24(32)34-26(6,7)8)22(30)18-12-10-9-11-17(18)21(19)29/h9-12,15-16H,13-14H2,1-8H3,(H,27,31)(H,28,32). The number of alkyl carbamates (subject to hydrolysis) is 2. The summed E-state index contributed by atoms with van der Waals surface area (Å²) in [5, 5.41) is 5.37. The number of carbonyl (C=O) groups is 4. The maximum Gasteiger partial charge on any atom is 0.407 e. The number of ketones is 2. The quantitative estimate of drug-likeness (QED) is 0.622. The predicted molar refractivity (Wildman–Crippen MR) is 129 cm³/mol. The van der Waals surface area contributed by atoms with Crippen LogP contribution >= 0.6 is 0 Å². The van der Waals surface area contributed by atoms with Gasteiger partial charge < -0.3 is 20.1 Å². The van der Waals surface area contributed by atoms with Crippen molar-refractivity contribution in [2.45, 2.75) is 66.6 Å². The van der Waals surface area contributed by atoms with Gasteiger partial charge in [-0.05, 0) is 41.5 Å². The summed E-state index contributed by atoms with van der Waals surface area (Å²) in [4.78, 5) is 51.2. The fourth-order valence-electron chi connectivity index (χ4n) is 3.70. The number of amides is 2. The van der Waals surface area contributed by atoms with Crippen molar-refractivity contribution in [1.82, 2.24) is 10.6 Å². The zero-order valence-corrected chi connectivity index (χ0v) is 21.3. The summed E-state index contributed by atoms with van der Waals surface area (Å²) in [6.07, 6.45) is -1.20. The molecule has 8 nitrogen and oxygen atoms in total. The zero-order chi connectivity index (χ0) is 25.8. The van der Waals surface area contributed by atoms with Gasteiger partial charge in [-0.25, -0.2) is 9.59 Å². The summed E-state index contributed by atoms with van der Waals surface area (Å²) in [6, 6.07) is 6.68. The highest BCUT2D eigenvalue weighted by Gasteiger charge is 2.37. The first kappa shape index (κ1) is 27.1. The van der Waals surface area contributed by atoms with Crippen LogP contribution in [0.2, 0.25) is 0 Å². The smallest absolute Gasteiger partial charge is 0.407 e.